The van der Waals surface area contributed by atoms with E-state index in [1.54, 1.807) is 0 Å². The van der Waals surface area contributed by atoms with Gasteiger partial charge in [-0.1, -0.05) is 31.5 Å². The van der Waals surface area contributed by atoms with Crippen molar-refractivity contribution in [3.63, 3.8) is 0 Å². The number of piperazine rings is 1. The zero-order valence-electron chi connectivity index (χ0n) is 18.4. The van der Waals surface area contributed by atoms with Crippen LogP contribution in [0.15, 0.2) is 24.3 Å². The van der Waals surface area contributed by atoms with Crippen molar-refractivity contribution in [3.05, 3.63) is 29.8 Å². The molecule has 3 atom stereocenters. The number of aryl methyl sites for hydroxylation is 1. The fourth-order valence-electron chi connectivity index (χ4n) is 4.52. The Labute approximate surface area is 175 Å². The Morgan fingerprint density at radius 1 is 1.03 bits per heavy atom. The molecule has 1 aromatic rings. The first-order valence-electron chi connectivity index (χ1n) is 10.9. The standard InChI is InChI=1S/C23H36N4O2/c1-17-5-7-21(8-6-17)24-23(29)20(4)26-11-9-25(10-12-26)16-22(28)27-14-18(2)13-19(3)15-27/h5-8,18-20H,9-16H2,1-4H3,(H,24,29)/t18-,19-,20+/m1/s1. The molecule has 0 radical (unpaired) electrons. The van der Waals surface area contributed by atoms with Gasteiger partial charge in [-0.15, -0.1) is 0 Å². The molecule has 2 aliphatic rings. The zero-order chi connectivity index (χ0) is 21.0. The second-order valence-corrected chi connectivity index (χ2v) is 9.09. The quantitative estimate of drug-likeness (QED) is 0.825. The van der Waals surface area contributed by atoms with Gasteiger partial charge < -0.3 is 10.2 Å². The molecule has 0 bridgehead atoms. The first-order valence-corrected chi connectivity index (χ1v) is 10.9. The molecule has 0 aliphatic carbocycles. The third-order valence-electron chi connectivity index (χ3n) is 6.23. The van der Waals surface area contributed by atoms with Crippen molar-refractivity contribution >= 4 is 17.5 Å². The number of carbonyl (C=O) groups excluding carboxylic acids is 2. The molecule has 0 spiro atoms. The van der Waals surface area contributed by atoms with E-state index in [9.17, 15) is 9.59 Å². The summed E-state index contributed by atoms with van der Waals surface area (Å²) in [5.74, 6) is 1.46. The Hall–Kier alpha value is -1.92. The van der Waals surface area contributed by atoms with Gasteiger partial charge in [0.05, 0.1) is 12.6 Å². The summed E-state index contributed by atoms with van der Waals surface area (Å²) in [6, 6.07) is 7.69. The van der Waals surface area contributed by atoms with Gasteiger partial charge in [0.15, 0.2) is 0 Å². The van der Waals surface area contributed by atoms with E-state index >= 15 is 0 Å². The molecular formula is C23H36N4O2. The SMILES string of the molecule is Cc1ccc(NC(=O)[C@H](C)N2CCN(CC(=O)N3C[C@H](C)C[C@@H](C)C3)CC2)cc1. The molecule has 29 heavy (non-hydrogen) atoms. The normalized spacial score (nSPS) is 24.9. The van der Waals surface area contributed by atoms with E-state index in [4.69, 9.17) is 0 Å². The number of hydrogen-bond acceptors (Lipinski definition) is 4. The molecule has 2 amide bonds. The summed E-state index contributed by atoms with van der Waals surface area (Å²) in [7, 11) is 0. The van der Waals surface area contributed by atoms with E-state index in [2.05, 4.69) is 29.0 Å². The van der Waals surface area contributed by atoms with E-state index in [0.29, 0.717) is 18.4 Å². The van der Waals surface area contributed by atoms with Crippen LogP contribution in [0.4, 0.5) is 5.69 Å². The molecule has 2 saturated heterocycles. The Morgan fingerprint density at radius 3 is 2.21 bits per heavy atom. The third kappa shape index (κ3) is 6.03. The van der Waals surface area contributed by atoms with E-state index in [-0.39, 0.29) is 17.9 Å². The van der Waals surface area contributed by atoms with Crippen LogP contribution in [0.5, 0.6) is 0 Å². The number of nitrogens with one attached hydrogen (secondary N) is 1. The van der Waals surface area contributed by atoms with Gasteiger partial charge in [0, 0.05) is 45.0 Å². The summed E-state index contributed by atoms with van der Waals surface area (Å²) in [4.78, 5) is 31.8. The van der Waals surface area contributed by atoms with Crippen molar-refractivity contribution in [2.75, 3.05) is 51.1 Å². The highest BCUT2D eigenvalue weighted by Gasteiger charge is 2.29. The van der Waals surface area contributed by atoms with Crippen LogP contribution in [0, 0.1) is 18.8 Å². The molecule has 0 unspecified atom stereocenters. The Balaban J connectivity index is 1.44. The minimum absolute atomic E-state index is 0.0228. The number of amides is 2. The molecule has 3 rings (SSSR count). The predicted octanol–water partition coefficient (Wildman–Crippen LogP) is 2.44. The van der Waals surface area contributed by atoms with Gasteiger partial charge in [-0.3, -0.25) is 19.4 Å². The topological polar surface area (TPSA) is 55.9 Å². The van der Waals surface area contributed by atoms with Gasteiger partial charge in [-0.25, -0.2) is 0 Å². The molecule has 2 heterocycles. The molecule has 1 N–H and O–H groups in total. The van der Waals surface area contributed by atoms with Crippen LogP contribution in [-0.2, 0) is 9.59 Å². The van der Waals surface area contributed by atoms with Crippen LogP contribution in [0.25, 0.3) is 0 Å². The Kier molecular flexibility index (Phi) is 7.30. The second kappa shape index (κ2) is 9.72. The van der Waals surface area contributed by atoms with Crippen LogP contribution in [0.1, 0.15) is 32.8 Å². The highest BCUT2D eigenvalue weighted by molar-refractivity contribution is 5.94. The molecule has 1 aromatic carbocycles. The highest BCUT2D eigenvalue weighted by atomic mass is 16.2. The van der Waals surface area contributed by atoms with Crippen molar-refractivity contribution in [1.29, 1.82) is 0 Å². The van der Waals surface area contributed by atoms with Gasteiger partial charge in [-0.05, 0) is 44.2 Å². The second-order valence-electron chi connectivity index (χ2n) is 9.09. The molecule has 6 heteroatoms. The number of anilines is 1. The minimum Gasteiger partial charge on any atom is -0.341 e. The zero-order valence-corrected chi connectivity index (χ0v) is 18.4. The van der Waals surface area contributed by atoms with Crippen molar-refractivity contribution < 1.29 is 9.59 Å². The first kappa shape index (κ1) is 21.8. The first-order chi connectivity index (χ1) is 13.8. The van der Waals surface area contributed by atoms with Crippen LogP contribution in [0.2, 0.25) is 0 Å². The molecule has 160 valence electrons. The summed E-state index contributed by atoms with van der Waals surface area (Å²) >= 11 is 0. The number of likely N-dealkylation sites (tertiary alicyclic amines) is 1. The number of nitrogens with zero attached hydrogens (tertiary/aromatic N) is 3. The van der Waals surface area contributed by atoms with Crippen LogP contribution >= 0.6 is 0 Å². The Morgan fingerprint density at radius 2 is 1.62 bits per heavy atom. The molecule has 6 nitrogen and oxygen atoms in total. The fourth-order valence-corrected chi connectivity index (χ4v) is 4.52. The smallest absolute Gasteiger partial charge is 0.241 e. The lowest BCUT2D eigenvalue weighted by Gasteiger charge is -2.39. The van der Waals surface area contributed by atoms with E-state index < -0.39 is 0 Å². The summed E-state index contributed by atoms with van der Waals surface area (Å²) in [6.07, 6.45) is 1.21. The lowest BCUT2D eigenvalue weighted by molar-refractivity contribution is -0.136. The summed E-state index contributed by atoms with van der Waals surface area (Å²) in [5, 5.41) is 3.01. The lowest BCUT2D eigenvalue weighted by Crippen LogP contribution is -2.55. The number of benzene rings is 1. The molecule has 0 saturated carbocycles. The van der Waals surface area contributed by atoms with Gasteiger partial charge in [0.2, 0.25) is 11.8 Å². The number of piperidine rings is 1. The van der Waals surface area contributed by atoms with E-state index in [0.717, 1.165) is 45.0 Å². The van der Waals surface area contributed by atoms with Crippen molar-refractivity contribution in [2.45, 2.75) is 40.2 Å². The predicted molar refractivity (Wildman–Crippen MR) is 117 cm³/mol. The average molecular weight is 401 g/mol. The van der Waals surface area contributed by atoms with Crippen molar-refractivity contribution in [3.8, 4) is 0 Å². The van der Waals surface area contributed by atoms with Gasteiger partial charge in [0.25, 0.3) is 0 Å². The van der Waals surface area contributed by atoms with Crippen LogP contribution in [-0.4, -0.2) is 78.4 Å². The van der Waals surface area contributed by atoms with E-state index in [1.807, 2.05) is 43.0 Å². The van der Waals surface area contributed by atoms with Gasteiger partial charge in [-0.2, -0.15) is 0 Å². The number of rotatable bonds is 5. The molecule has 2 aliphatic heterocycles. The molecule has 0 aromatic heterocycles. The summed E-state index contributed by atoms with van der Waals surface area (Å²) in [5.41, 5.74) is 2.01. The summed E-state index contributed by atoms with van der Waals surface area (Å²) < 4.78 is 0. The van der Waals surface area contributed by atoms with Crippen molar-refractivity contribution in [2.24, 2.45) is 11.8 Å². The lowest BCUT2D eigenvalue weighted by atomic mass is 9.92. The maximum absolute atomic E-state index is 12.7. The largest absolute Gasteiger partial charge is 0.341 e. The maximum Gasteiger partial charge on any atom is 0.241 e. The van der Waals surface area contributed by atoms with Crippen LogP contribution in [0.3, 0.4) is 0 Å². The van der Waals surface area contributed by atoms with E-state index in [1.165, 1.54) is 12.0 Å². The molecule has 2 fully saturated rings. The number of hydrogen-bond donors (Lipinski definition) is 1. The third-order valence-corrected chi connectivity index (χ3v) is 6.23. The van der Waals surface area contributed by atoms with Crippen molar-refractivity contribution in [1.82, 2.24) is 14.7 Å². The van der Waals surface area contributed by atoms with Crippen LogP contribution < -0.4 is 5.32 Å². The fraction of sp³-hybridized carbons (Fsp3) is 0.652. The van der Waals surface area contributed by atoms with Gasteiger partial charge >= 0.3 is 0 Å². The average Bonchev–Trinajstić information content (AvgIpc) is 2.69. The van der Waals surface area contributed by atoms with Gasteiger partial charge in [0.1, 0.15) is 0 Å². The number of carbonyl (C=O) groups is 2. The highest BCUT2D eigenvalue weighted by Crippen LogP contribution is 2.21. The monoisotopic (exact) mass is 400 g/mol. The Bertz CT molecular complexity index is 687. The maximum atomic E-state index is 12.7. The minimum atomic E-state index is -0.182. The summed E-state index contributed by atoms with van der Waals surface area (Å²) in [6.45, 7) is 14.0. The molecular weight excluding hydrogens is 364 g/mol.